The van der Waals surface area contributed by atoms with E-state index in [0.29, 0.717) is 5.88 Å². The number of hydrogen-bond donors (Lipinski definition) is 1. The zero-order valence-electron chi connectivity index (χ0n) is 7.32. The summed E-state index contributed by atoms with van der Waals surface area (Å²) in [5.74, 6) is 0.655. The highest BCUT2D eigenvalue weighted by molar-refractivity contribution is 5.67. The first-order valence-electron chi connectivity index (χ1n) is 4.04. The Balaban J connectivity index is 2.51. The molecule has 13 heavy (non-hydrogen) atoms. The van der Waals surface area contributed by atoms with Crippen LogP contribution in [0.15, 0.2) is 36.8 Å². The van der Waals surface area contributed by atoms with E-state index in [-0.39, 0.29) is 0 Å². The minimum Gasteiger partial charge on any atom is -0.481 e. The second-order valence-corrected chi connectivity index (χ2v) is 2.66. The standard InChI is InChI=1S/C10H10N2O/c1-13-10-9(3-2-5-12-10)8-4-6-11-7-8/h2-7,11H,1H3. The van der Waals surface area contributed by atoms with Gasteiger partial charge in [0, 0.05) is 29.7 Å². The molecular weight excluding hydrogens is 164 g/mol. The van der Waals surface area contributed by atoms with Crippen LogP contribution >= 0.6 is 0 Å². The number of rotatable bonds is 2. The maximum atomic E-state index is 5.14. The molecule has 2 rings (SSSR count). The summed E-state index contributed by atoms with van der Waals surface area (Å²) in [6.45, 7) is 0. The molecule has 0 aliphatic carbocycles. The minimum atomic E-state index is 0.655. The first kappa shape index (κ1) is 7.86. The second kappa shape index (κ2) is 3.31. The third kappa shape index (κ3) is 1.40. The van der Waals surface area contributed by atoms with Gasteiger partial charge in [0.05, 0.1) is 7.11 Å². The van der Waals surface area contributed by atoms with Crippen molar-refractivity contribution in [3.8, 4) is 17.0 Å². The van der Waals surface area contributed by atoms with E-state index in [1.165, 1.54) is 0 Å². The van der Waals surface area contributed by atoms with Crippen LogP contribution in [0.4, 0.5) is 0 Å². The molecule has 0 amide bonds. The summed E-state index contributed by atoms with van der Waals surface area (Å²) in [6.07, 6.45) is 5.51. The maximum absolute atomic E-state index is 5.14. The smallest absolute Gasteiger partial charge is 0.221 e. The van der Waals surface area contributed by atoms with Crippen molar-refractivity contribution in [2.45, 2.75) is 0 Å². The molecule has 2 heterocycles. The van der Waals surface area contributed by atoms with Gasteiger partial charge in [-0.1, -0.05) is 0 Å². The van der Waals surface area contributed by atoms with Crippen LogP contribution in [0, 0.1) is 0 Å². The van der Waals surface area contributed by atoms with Crippen LogP contribution in [0.5, 0.6) is 5.88 Å². The number of aromatic amines is 1. The van der Waals surface area contributed by atoms with Crippen molar-refractivity contribution < 1.29 is 4.74 Å². The summed E-state index contributed by atoms with van der Waals surface area (Å²) in [6, 6.07) is 5.86. The van der Waals surface area contributed by atoms with Crippen molar-refractivity contribution in [3.05, 3.63) is 36.8 Å². The fraction of sp³-hybridized carbons (Fsp3) is 0.100. The quantitative estimate of drug-likeness (QED) is 0.756. The highest BCUT2D eigenvalue weighted by Crippen LogP contribution is 2.26. The highest BCUT2D eigenvalue weighted by Gasteiger charge is 2.04. The van der Waals surface area contributed by atoms with E-state index in [9.17, 15) is 0 Å². The van der Waals surface area contributed by atoms with Crippen molar-refractivity contribution in [2.75, 3.05) is 7.11 Å². The van der Waals surface area contributed by atoms with Crippen molar-refractivity contribution in [2.24, 2.45) is 0 Å². The molecule has 0 aliphatic rings. The summed E-state index contributed by atoms with van der Waals surface area (Å²) in [7, 11) is 1.62. The van der Waals surface area contributed by atoms with Gasteiger partial charge in [-0.05, 0) is 18.2 Å². The van der Waals surface area contributed by atoms with Crippen LogP contribution in [0.3, 0.4) is 0 Å². The molecule has 0 unspecified atom stereocenters. The minimum absolute atomic E-state index is 0.655. The van der Waals surface area contributed by atoms with Crippen LogP contribution in [0.1, 0.15) is 0 Å². The molecule has 2 aromatic heterocycles. The molecule has 3 nitrogen and oxygen atoms in total. The van der Waals surface area contributed by atoms with Gasteiger partial charge in [-0.3, -0.25) is 0 Å². The Labute approximate surface area is 76.4 Å². The van der Waals surface area contributed by atoms with Gasteiger partial charge in [0.25, 0.3) is 0 Å². The Morgan fingerprint density at radius 1 is 1.38 bits per heavy atom. The number of nitrogens with one attached hydrogen (secondary N) is 1. The Bertz CT molecular complexity index is 382. The molecule has 3 heteroatoms. The molecule has 0 saturated heterocycles. The number of pyridine rings is 1. The Morgan fingerprint density at radius 2 is 2.31 bits per heavy atom. The third-order valence-electron chi connectivity index (χ3n) is 1.87. The van der Waals surface area contributed by atoms with E-state index in [0.717, 1.165) is 11.1 Å². The van der Waals surface area contributed by atoms with Gasteiger partial charge in [-0.25, -0.2) is 4.98 Å². The zero-order chi connectivity index (χ0) is 9.10. The number of ether oxygens (including phenoxy) is 1. The van der Waals surface area contributed by atoms with Gasteiger partial charge in [0.15, 0.2) is 0 Å². The van der Waals surface area contributed by atoms with Gasteiger partial charge in [0.1, 0.15) is 0 Å². The van der Waals surface area contributed by atoms with Crippen LogP contribution in [0.25, 0.3) is 11.1 Å². The van der Waals surface area contributed by atoms with Crippen molar-refractivity contribution in [1.82, 2.24) is 9.97 Å². The van der Waals surface area contributed by atoms with E-state index >= 15 is 0 Å². The third-order valence-corrected chi connectivity index (χ3v) is 1.87. The van der Waals surface area contributed by atoms with E-state index in [1.54, 1.807) is 13.3 Å². The number of nitrogens with zero attached hydrogens (tertiary/aromatic N) is 1. The summed E-state index contributed by atoms with van der Waals surface area (Å²) in [5, 5.41) is 0. The van der Waals surface area contributed by atoms with Crippen LogP contribution in [-0.2, 0) is 0 Å². The van der Waals surface area contributed by atoms with Crippen LogP contribution < -0.4 is 4.74 Å². The molecule has 0 fully saturated rings. The topological polar surface area (TPSA) is 37.9 Å². The molecule has 0 atom stereocenters. The predicted octanol–water partition coefficient (Wildman–Crippen LogP) is 2.09. The predicted molar refractivity (Wildman–Crippen MR) is 50.6 cm³/mol. The van der Waals surface area contributed by atoms with E-state index in [1.807, 2.05) is 30.6 Å². The number of H-pyrrole nitrogens is 1. The average molecular weight is 174 g/mol. The molecule has 2 aromatic rings. The molecule has 0 bridgehead atoms. The first-order valence-corrected chi connectivity index (χ1v) is 4.04. The monoisotopic (exact) mass is 174 g/mol. The number of hydrogen-bond acceptors (Lipinski definition) is 2. The van der Waals surface area contributed by atoms with Gasteiger partial charge >= 0.3 is 0 Å². The maximum Gasteiger partial charge on any atom is 0.221 e. The lowest BCUT2D eigenvalue weighted by atomic mass is 10.1. The molecule has 1 N–H and O–H groups in total. The molecule has 0 aliphatic heterocycles. The van der Waals surface area contributed by atoms with Gasteiger partial charge in [-0.2, -0.15) is 0 Å². The lowest BCUT2D eigenvalue weighted by molar-refractivity contribution is 0.399. The Kier molecular flexibility index (Phi) is 2.00. The second-order valence-electron chi connectivity index (χ2n) is 2.66. The lowest BCUT2D eigenvalue weighted by Crippen LogP contribution is -1.89. The fourth-order valence-electron chi connectivity index (χ4n) is 1.26. The summed E-state index contributed by atoms with van der Waals surface area (Å²) in [4.78, 5) is 7.11. The summed E-state index contributed by atoms with van der Waals surface area (Å²) in [5.41, 5.74) is 2.09. The fourth-order valence-corrected chi connectivity index (χ4v) is 1.26. The molecule has 0 aromatic carbocycles. The highest BCUT2D eigenvalue weighted by atomic mass is 16.5. The molecule has 66 valence electrons. The zero-order valence-corrected chi connectivity index (χ0v) is 7.32. The largest absolute Gasteiger partial charge is 0.481 e. The lowest BCUT2D eigenvalue weighted by Gasteiger charge is -2.03. The summed E-state index contributed by atoms with van der Waals surface area (Å²) >= 11 is 0. The van der Waals surface area contributed by atoms with E-state index in [2.05, 4.69) is 9.97 Å². The van der Waals surface area contributed by atoms with Gasteiger partial charge < -0.3 is 9.72 Å². The van der Waals surface area contributed by atoms with E-state index in [4.69, 9.17) is 4.74 Å². The Hall–Kier alpha value is -1.77. The van der Waals surface area contributed by atoms with Gasteiger partial charge in [-0.15, -0.1) is 0 Å². The normalized spacial score (nSPS) is 9.92. The Morgan fingerprint density at radius 3 is 3.00 bits per heavy atom. The SMILES string of the molecule is COc1ncccc1-c1cc[nH]c1. The number of methoxy groups -OCH3 is 1. The molecule has 0 spiro atoms. The van der Waals surface area contributed by atoms with Crippen LogP contribution in [0.2, 0.25) is 0 Å². The molecule has 0 saturated carbocycles. The number of aromatic nitrogens is 2. The average Bonchev–Trinajstić information content (AvgIpc) is 2.70. The van der Waals surface area contributed by atoms with Gasteiger partial charge in [0.2, 0.25) is 5.88 Å². The van der Waals surface area contributed by atoms with E-state index < -0.39 is 0 Å². The summed E-state index contributed by atoms with van der Waals surface area (Å²) < 4.78 is 5.14. The van der Waals surface area contributed by atoms with Crippen molar-refractivity contribution >= 4 is 0 Å². The van der Waals surface area contributed by atoms with Crippen LogP contribution in [-0.4, -0.2) is 17.1 Å². The molecular formula is C10H10N2O. The first-order chi connectivity index (χ1) is 6.42. The van der Waals surface area contributed by atoms with Crippen molar-refractivity contribution in [1.29, 1.82) is 0 Å². The molecule has 0 radical (unpaired) electrons. The van der Waals surface area contributed by atoms with Crippen molar-refractivity contribution in [3.63, 3.8) is 0 Å².